The summed E-state index contributed by atoms with van der Waals surface area (Å²) in [6.45, 7) is 3.61. The monoisotopic (exact) mass is 304 g/mol. The summed E-state index contributed by atoms with van der Waals surface area (Å²) in [4.78, 5) is 26.1. The molecule has 0 bridgehead atoms. The Labute approximate surface area is 128 Å². The SMILES string of the molecule is Cc1c(C(=O)Nc2c(C(=O)N(C)C)nn(C)c2C)cnn1C. The molecule has 8 heteroatoms. The highest BCUT2D eigenvalue weighted by atomic mass is 16.2. The van der Waals surface area contributed by atoms with Crippen molar-refractivity contribution in [1.29, 1.82) is 0 Å². The summed E-state index contributed by atoms with van der Waals surface area (Å²) in [5.41, 5.74) is 2.57. The number of nitrogens with one attached hydrogen (secondary N) is 1. The third-order valence-electron chi connectivity index (χ3n) is 3.66. The van der Waals surface area contributed by atoms with Gasteiger partial charge in [0.2, 0.25) is 0 Å². The molecule has 0 aromatic carbocycles. The molecule has 0 aliphatic carbocycles. The topological polar surface area (TPSA) is 85.1 Å². The molecule has 2 amide bonds. The average molecular weight is 304 g/mol. The standard InChI is InChI=1S/C14H20N6O2/c1-8-10(7-15-19(8)5)13(21)16-11-9(2)20(6)17-12(11)14(22)18(3)4/h7H,1-6H3,(H,16,21). The minimum Gasteiger partial charge on any atom is -0.343 e. The number of aryl methyl sites for hydroxylation is 2. The molecule has 2 rings (SSSR count). The lowest BCUT2D eigenvalue weighted by atomic mass is 10.2. The van der Waals surface area contributed by atoms with Crippen LogP contribution >= 0.6 is 0 Å². The third kappa shape index (κ3) is 2.59. The van der Waals surface area contributed by atoms with Crippen LogP contribution in [0.15, 0.2) is 6.20 Å². The number of carbonyl (C=O) groups is 2. The van der Waals surface area contributed by atoms with Crippen LogP contribution in [0.1, 0.15) is 32.2 Å². The zero-order chi connectivity index (χ0) is 16.6. The van der Waals surface area contributed by atoms with Crippen molar-refractivity contribution in [3.8, 4) is 0 Å². The fourth-order valence-electron chi connectivity index (χ4n) is 2.02. The molecule has 2 aromatic heterocycles. The molecule has 22 heavy (non-hydrogen) atoms. The predicted octanol–water partition coefficient (Wildman–Crippen LogP) is 0.725. The second-order valence-electron chi connectivity index (χ2n) is 5.35. The summed E-state index contributed by atoms with van der Waals surface area (Å²) in [6.07, 6.45) is 1.50. The van der Waals surface area contributed by atoms with Crippen LogP contribution in [0.25, 0.3) is 0 Å². The second kappa shape index (κ2) is 5.63. The summed E-state index contributed by atoms with van der Waals surface area (Å²) < 4.78 is 3.19. The lowest BCUT2D eigenvalue weighted by molar-refractivity contribution is 0.0822. The Morgan fingerprint density at radius 1 is 1.14 bits per heavy atom. The summed E-state index contributed by atoms with van der Waals surface area (Å²) in [5, 5.41) is 11.0. The van der Waals surface area contributed by atoms with Gasteiger partial charge in [-0.15, -0.1) is 0 Å². The molecule has 0 radical (unpaired) electrons. The van der Waals surface area contributed by atoms with Crippen molar-refractivity contribution < 1.29 is 9.59 Å². The molecular formula is C14H20N6O2. The van der Waals surface area contributed by atoms with Gasteiger partial charge >= 0.3 is 0 Å². The van der Waals surface area contributed by atoms with Crippen molar-refractivity contribution in [3.05, 3.63) is 28.8 Å². The quantitative estimate of drug-likeness (QED) is 0.905. The lowest BCUT2D eigenvalue weighted by Crippen LogP contribution is -2.24. The molecule has 0 saturated carbocycles. The molecule has 0 aliphatic rings. The third-order valence-corrected chi connectivity index (χ3v) is 3.66. The number of hydrogen-bond acceptors (Lipinski definition) is 4. The van der Waals surface area contributed by atoms with Crippen molar-refractivity contribution in [2.45, 2.75) is 13.8 Å². The van der Waals surface area contributed by atoms with E-state index in [0.717, 1.165) is 5.69 Å². The van der Waals surface area contributed by atoms with Gasteiger partial charge in [-0.1, -0.05) is 0 Å². The molecule has 0 fully saturated rings. The van der Waals surface area contributed by atoms with E-state index in [4.69, 9.17) is 0 Å². The van der Waals surface area contributed by atoms with E-state index in [1.807, 2.05) is 6.92 Å². The highest BCUT2D eigenvalue weighted by Gasteiger charge is 2.24. The summed E-state index contributed by atoms with van der Waals surface area (Å²) in [6, 6.07) is 0. The lowest BCUT2D eigenvalue weighted by Gasteiger charge is -2.10. The molecule has 118 valence electrons. The zero-order valence-corrected chi connectivity index (χ0v) is 13.6. The Balaban J connectivity index is 2.39. The maximum Gasteiger partial charge on any atom is 0.276 e. The van der Waals surface area contributed by atoms with Crippen LogP contribution in [0, 0.1) is 13.8 Å². The van der Waals surface area contributed by atoms with Gasteiger partial charge in [-0.3, -0.25) is 19.0 Å². The van der Waals surface area contributed by atoms with E-state index in [9.17, 15) is 9.59 Å². The van der Waals surface area contributed by atoms with E-state index in [1.165, 1.54) is 11.1 Å². The van der Waals surface area contributed by atoms with Crippen LogP contribution < -0.4 is 5.32 Å². The zero-order valence-electron chi connectivity index (χ0n) is 13.6. The fraction of sp³-hybridized carbons (Fsp3) is 0.429. The first-order valence-corrected chi connectivity index (χ1v) is 6.79. The number of carbonyl (C=O) groups excluding carboxylic acids is 2. The number of hydrogen-bond donors (Lipinski definition) is 1. The van der Waals surface area contributed by atoms with Gasteiger partial charge in [0.25, 0.3) is 11.8 Å². The van der Waals surface area contributed by atoms with Gasteiger partial charge in [0.05, 0.1) is 23.1 Å². The molecule has 2 heterocycles. The van der Waals surface area contributed by atoms with Crippen LogP contribution in [0.5, 0.6) is 0 Å². The molecule has 0 spiro atoms. The van der Waals surface area contributed by atoms with Crippen molar-refractivity contribution in [2.75, 3.05) is 19.4 Å². The maximum atomic E-state index is 12.4. The molecule has 8 nitrogen and oxygen atoms in total. The first-order valence-electron chi connectivity index (χ1n) is 6.79. The smallest absolute Gasteiger partial charge is 0.276 e. The van der Waals surface area contributed by atoms with E-state index >= 15 is 0 Å². The van der Waals surface area contributed by atoms with E-state index in [-0.39, 0.29) is 17.5 Å². The van der Waals surface area contributed by atoms with Crippen LogP contribution in [0.4, 0.5) is 5.69 Å². The fourth-order valence-corrected chi connectivity index (χ4v) is 2.02. The van der Waals surface area contributed by atoms with E-state index < -0.39 is 0 Å². The largest absolute Gasteiger partial charge is 0.343 e. The number of amides is 2. The first-order chi connectivity index (χ1) is 10.2. The number of aromatic nitrogens is 4. The Kier molecular flexibility index (Phi) is 4.03. The summed E-state index contributed by atoms with van der Waals surface area (Å²) in [7, 11) is 6.78. The Morgan fingerprint density at radius 3 is 2.27 bits per heavy atom. The van der Waals surface area contributed by atoms with Gasteiger partial charge in [-0.05, 0) is 13.8 Å². The minimum atomic E-state index is -0.311. The van der Waals surface area contributed by atoms with Crippen LogP contribution in [-0.2, 0) is 14.1 Å². The second-order valence-corrected chi connectivity index (χ2v) is 5.35. The highest BCUT2D eigenvalue weighted by molar-refractivity contribution is 6.09. The van der Waals surface area contributed by atoms with Crippen LogP contribution in [0.2, 0.25) is 0 Å². The molecule has 0 unspecified atom stereocenters. The van der Waals surface area contributed by atoms with Gasteiger partial charge in [-0.2, -0.15) is 10.2 Å². The summed E-state index contributed by atoms with van der Waals surface area (Å²) in [5.74, 6) is -0.573. The Morgan fingerprint density at radius 2 is 1.77 bits per heavy atom. The first kappa shape index (κ1) is 15.7. The van der Waals surface area contributed by atoms with Crippen molar-refractivity contribution in [3.63, 3.8) is 0 Å². The van der Waals surface area contributed by atoms with E-state index in [2.05, 4.69) is 15.5 Å². The van der Waals surface area contributed by atoms with Gasteiger partial charge in [0.1, 0.15) is 0 Å². The van der Waals surface area contributed by atoms with Crippen LogP contribution in [0.3, 0.4) is 0 Å². The van der Waals surface area contributed by atoms with Crippen LogP contribution in [-0.4, -0.2) is 50.4 Å². The molecular weight excluding hydrogens is 284 g/mol. The van der Waals surface area contributed by atoms with Gasteiger partial charge in [0.15, 0.2) is 5.69 Å². The number of rotatable bonds is 3. The van der Waals surface area contributed by atoms with Gasteiger partial charge < -0.3 is 10.2 Å². The molecule has 0 saturated heterocycles. The maximum absolute atomic E-state index is 12.4. The number of nitrogens with zero attached hydrogens (tertiary/aromatic N) is 5. The van der Waals surface area contributed by atoms with Gasteiger partial charge in [0, 0.05) is 33.9 Å². The van der Waals surface area contributed by atoms with Gasteiger partial charge in [-0.25, -0.2) is 0 Å². The van der Waals surface area contributed by atoms with E-state index in [1.54, 1.807) is 44.5 Å². The summed E-state index contributed by atoms with van der Waals surface area (Å²) >= 11 is 0. The van der Waals surface area contributed by atoms with Crippen molar-refractivity contribution in [1.82, 2.24) is 24.5 Å². The Hall–Kier alpha value is -2.64. The molecule has 1 N–H and O–H groups in total. The van der Waals surface area contributed by atoms with Crippen molar-refractivity contribution in [2.24, 2.45) is 14.1 Å². The molecule has 2 aromatic rings. The normalized spacial score (nSPS) is 10.6. The van der Waals surface area contributed by atoms with E-state index in [0.29, 0.717) is 16.9 Å². The Bertz CT molecular complexity index is 741. The molecule has 0 aliphatic heterocycles. The predicted molar refractivity (Wildman–Crippen MR) is 81.9 cm³/mol. The molecule has 0 atom stereocenters. The number of anilines is 1. The highest BCUT2D eigenvalue weighted by Crippen LogP contribution is 2.22. The average Bonchev–Trinajstić information content (AvgIpc) is 2.93. The van der Waals surface area contributed by atoms with Crippen molar-refractivity contribution >= 4 is 17.5 Å². The minimum absolute atomic E-state index is 0.222.